The molecule has 0 aromatic carbocycles. The highest BCUT2D eigenvalue weighted by Crippen LogP contribution is 2.45. The predicted octanol–water partition coefficient (Wildman–Crippen LogP) is 19.1. The van der Waals surface area contributed by atoms with Crippen molar-refractivity contribution in [3.8, 4) is 0 Å². The molecule has 0 radical (unpaired) electrons. The SMILES string of the molecule is CCCCCCCCCCCCCCCCCC(=O)O[C@H](COC(=O)CCCCCCC)COP(=O)(O)OC[C@H](O)COP(=O)(O)OC[C@@H](COC(=O)CCCCCCCCCCCCC)OC(=O)CCCCCCCCCCCCCCCCC. The average Bonchev–Trinajstić information content (AvgIpc) is 3.70. The number of rotatable bonds is 68. The van der Waals surface area contributed by atoms with Crippen LogP contribution in [-0.2, 0) is 65.4 Å². The summed E-state index contributed by atoms with van der Waals surface area (Å²) in [4.78, 5) is 72.1. The largest absolute Gasteiger partial charge is 0.472 e. The van der Waals surface area contributed by atoms with Crippen molar-refractivity contribution in [3.05, 3.63) is 0 Å². The number of esters is 4. The van der Waals surface area contributed by atoms with Crippen molar-refractivity contribution in [3.63, 3.8) is 0 Å². The molecule has 5 atom stereocenters. The van der Waals surface area contributed by atoms with Crippen LogP contribution >= 0.6 is 15.6 Å². The summed E-state index contributed by atoms with van der Waals surface area (Å²) in [6, 6.07) is 0. The van der Waals surface area contributed by atoms with Crippen LogP contribution in [0.5, 0.6) is 0 Å². The van der Waals surface area contributed by atoms with Gasteiger partial charge in [-0.05, 0) is 25.7 Å². The minimum atomic E-state index is -4.94. The number of aliphatic hydroxyl groups excluding tert-OH is 1. The van der Waals surface area contributed by atoms with Crippen molar-refractivity contribution in [2.75, 3.05) is 39.6 Å². The molecule has 3 N–H and O–H groups in total. The van der Waals surface area contributed by atoms with Crippen LogP contribution < -0.4 is 0 Å². The highest BCUT2D eigenvalue weighted by molar-refractivity contribution is 7.47. The Hall–Kier alpha value is -1.94. The van der Waals surface area contributed by atoms with E-state index in [4.69, 9.17) is 37.0 Å². The third-order valence-electron chi connectivity index (χ3n) is 15.6. The van der Waals surface area contributed by atoms with Gasteiger partial charge in [0.15, 0.2) is 12.2 Å². The first kappa shape index (κ1) is 84.1. The summed E-state index contributed by atoms with van der Waals surface area (Å²) in [5, 5.41) is 10.5. The second-order valence-corrected chi connectivity index (χ2v) is 27.1. The van der Waals surface area contributed by atoms with Gasteiger partial charge in [0, 0.05) is 25.7 Å². The first-order valence-electron chi connectivity index (χ1n) is 35.3. The Morgan fingerprint density at radius 1 is 0.279 bits per heavy atom. The van der Waals surface area contributed by atoms with Crippen LogP contribution in [0.25, 0.3) is 0 Å². The van der Waals surface area contributed by atoms with Gasteiger partial charge in [0.2, 0.25) is 0 Å². The lowest BCUT2D eigenvalue weighted by atomic mass is 10.0. The quantitative estimate of drug-likeness (QED) is 0.0222. The molecule has 0 saturated heterocycles. The number of ether oxygens (including phenoxy) is 4. The minimum absolute atomic E-state index is 0.108. The molecular weight excluding hydrogens is 1140 g/mol. The summed E-state index contributed by atoms with van der Waals surface area (Å²) >= 11 is 0. The van der Waals surface area contributed by atoms with Gasteiger partial charge < -0.3 is 33.8 Å². The molecule has 0 spiro atoms. The Bertz CT molecular complexity index is 1650. The number of hydrogen-bond acceptors (Lipinski definition) is 15. The molecule has 0 aromatic heterocycles. The second kappa shape index (κ2) is 61.9. The molecule has 0 aliphatic carbocycles. The van der Waals surface area contributed by atoms with Crippen molar-refractivity contribution in [2.45, 2.75) is 367 Å². The Balaban J connectivity index is 5.14. The maximum absolute atomic E-state index is 13.0. The minimum Gasteiger partial charge on any atom is -0.462 e. The van der Waals surface area contributed by atoms with Crippen LogP contribution in [0.4, 0.5) is 0 Å². The van der Waals surface area contributed by atoms with Gasteiger partial charge in [0.25, 0.3) is 0 Å². The normalized spacial score (nSPS) is 14.1. The third kappa shape index (κ3) is 60.9. The van der Waals surface area contributed by atoms with E-state index in [2.05, 4.69) is 27.7 Å². The first-order chi connectivity index (χ1) is 41.7. The Morgan fingerprint density at radius 3 is 0.686 bits per heavy atom. The van der Waals surface area contributed by atoms with E-state index in [1.54, 1.807) is 0 Å². The van der Waals surface area contributed by atoms with Crippen molar-refractivity contribution < 1.29 is 80.2 Å². The number of aliphatic hydroxyl groups is 1. The zero-order valence-electron chi connectivity index (χ0n) is 55.3. The number of carbonyl (C=O) groups is 4. The van der Waals surface area contributed by atoms with Gasteiger partial charge in [-0.25, -0.2) is 9.13 Å². The summed E-state index contributed by atoms with van der Waals surface area (Å²) in [7, 11) is -9.88. The van der Waals surface area contributed by atoms with Crippen LogP contribution in [-0.4, -0.2) is 96.7 Å². The molecule has 19 heteroatoms. The van der Waals surface area contributed by atoms with E-state index in [-0.39, 0.29) is 25.7 Å². The number of hydrogen-bond donors (Lipinski definition) is 3. The fourth-order valence-electron chi connectivity index (χ4n) is 10.2. The molecule has 0 aliphatic heterocycles. The predicted molar refractivity (Wildman–Crippen MR) is 345 cm³/mol. The lowest BCUT2D eigenvalue weighted by molar-refractivity contribution is -0.161. The lowest BCUT2D eigenvalue weighted by Gasteiger charge is -2.21. The number of phosphoric acid groups is 2. The van der Waals surface area contributed by atoms with E-state index in [9.17, 15) is 43.2 Å². The summed E-state index contributed by atoms with van der Waals surface area (Å²) in [6.07, 6.45) is 48.8. The zero-order chi connectivity index (χ0) is 63.3. The molecule has 0 amide bonds. The van der Waals surface area contributed by atoms with Gasteiger partial charge in [-0.1, -0.05) is 297 Å². The van der Waals surface area contributed by atoms with E-state index >= 15 is 0 Å². The van der Waals surface area contributed by atoms with Gasteiger partial charge in [-0.15, -0.1) is 0 Å². The highest BCUT2D eigenvalue weighted by atomic mass is 31.2. The zero-order valence-corrected chi connectivity index (χ0v) is 57.1. The van der Waals surface area contributed by atoms with Crippen molar-refractivity contribution in [1.29, 1.82) is 0 Å². The van der Waals surface area contributed by atoms with Gasteiger partial charge >= 0.3 is 39.5 Å². The fourth-order valence-corrected chi connectivity index (χ4v) is 11.7. The topological polar surface area (TPSA) is 237 Å². The summed E-state index contributed by atoms with van der Waals surface area (Å²) in [5.74, 6) is -2.13. The summed E-state index contributed by atoms with van der Waals surface area (Å²) < 4.78 is 68.0. The fraction of sp³-hybridized carbons (Fsp3) is 0.940. The smallest absolute Gasteiger partial charge is 0.462 e. The molecule has 0 aliphatic rings. The summed E-state index contributed by atoms with van der Waals surface area (Å²) in [6.45, 7) is 4.84. The van der Waals surface area contributed by atoms with Gasteiger partial charge in [-0.3, -0.25) is 37.3 Å². The van der Waals surface area contributed by atoms with E-state index in [1.165, 1.54) is 173 Å². The van der Waals surface area contributed by atoms with Crippen LogP contribution in [0.3, 0.4) is 0 Å². The number of phosphoric ester groups is 2. The molecule has 0 heterocycles. The molecule has 0 bridgehead atoms. The Morgan fingerprint density at radius 2 is 0.465 bits per heavy atom. The Labute approximate surface area is 524 Å². The molecule has 510 valence electrons. The van der Waals surface area contributed by atoms with E-state index in [0.717, 1.165) is 96.3 Å². The average molecular weight is 1270 g/mol. The molecule has 0 rings (SSSR count). The molecule has 17 nitrogen and oxygen atoms in total. The maximum atomic E-state index is 13.0. The standard InChI is InChI=1S/C67H130O17P2/c1-5-9-13-17-20-23-26-28-30-32-35-38-41-45-49-53-66(71)83-62(57-77-64(69)51-47-43-16-12-8-4)59-81-85(73,74)79-55-61(68)56-80-86(75,76)82-60-63(58-78-65(70)52-48-44-40-37-34-25-22-19-15-11-7-3)84-67(72)54-50-46-42-39-36-33-31-29-27-24-21-18-14-10-6-2/h61-63,68H,5-60H2,1-4H3,(H,73,74)(H,75,76)/t61-,62+,63+/m0/s1. The van der Waals surface area contributed by atoms with Crippen LogP contribution in [0.1, 0.15) is 349 Å². The molecular formula is C67H130O17P2. The van der Waals surface area contributed by atoms with Gasteiger partial charge in [0.05, 0.1) is 26.4 Å². The second-order valence-electron chi connectivity index (χ2n) is 24.2. The molecule has 2 unspecified atom stereocenters. The molecule has 86 heavy (non-hydrogen) atoms. The van der Waals surface area contributed by atoms with Gasteiger partial charge in [0.1, 0.15) is 19.3 Å². The van der Waals surface area contributed by atoms with Crippen LogP contribution in [0.2, 0.25) is 0 Å². The van der Waals surface area contributed by atoms with Crippen LogP contribution in [0.15, 0.2) is 0 Å². The van der Waals surface area contributed by atoms with Crippen LogP contribution in [0, 0.1) is 0 Å². The van der Waals surface area contributed by atoms with E-state index in [0.29, 0.717) is 25.7 Å². The van der Waals surface area contributed by atoms with Crippen molar-refractivity contribution in [2.24, 2.45) is 0 Å². The maximum Gasteiger partial charge on any atom is 0.472 e. The van der Waals surface area contributed by atoms with Crippen molar-refractivity contribution in [1.82, 2.24) is 0 Å². The molecule has 0 fully saturated rings. The van der Waals surface area contributed by atoms with Gasteiger partial charge in [-0.2, -0.15) is 0 Å². The monoisotopic (exact) mass is 1270 g/mol. The third-order valence-corrected chi connectivity index (χ3v) is 17.5. The molecule has 0 saturated carbocycles. The molecule has 0 aromatic rings. The van der Waals surface area contributed by atoms with Crippen molar-refractivity contribution >= 4 is 39.5 Å². The van der Waals surface area contributed by atoms with E-state index in [1.807, 2.05) is 0 Å². The summed E-state index contributed by atoms with van der Waals surface area (Å²) in [5.41, 5.74) is 0. The number of unbranched alkanes of at least 4 members (excludes halogenated alkanes) is 42. The van der Waals surface area contributed by atoms with E-state index < -0.39 is 97.5 Å². The first-order valence-corrected chi connectivity index (χ1v) is 38.3. The highest BCUT2D eigenvalue weighted by Gasteiger charge is 2.30. The lowest BCUT2D eigenvalue weighted by Crippen LogP contribution is -2.30. The number of carbonyl (C=O) groups excluding carboxylic acids is 4. The Kier molecular flexibility index (Phi) is 60.5.